The van der Waals surface area contributed by atoms with Gasteiger partial charge in [0.15, 0.2) is 4.75 Å². The van der Waals surface area contributed by atoms with Gasteiger partial charge in [0.25, 0.3) is 15.9 Å². The van der Waals surface area contributed by atoms with Gasteiger partial charge in [-0.1, -0.05) is 12.1 Å². The van der Waals surface area contributed by atoms with Crippen LogP contribution in [-0.2, 0) is 21.4 Å². The first-order chi connectivity index (χ1) is 8.30. The Morgan fingerprint density at radius 2 is 1.83 bits per heavy atom. The van der Waals surface area contributed by atoms with Crippen LogP contribution in [0.5, 0.6) is 0 Å². The molecule has 1 aliphatic rings. The van der Waals surface area contributed by atoms with Gasteiger partial charge in [-0.05, 0) is 31.5 Å². The second-order valence-electron chi connectivity index (χ2n) is 4.64. The Morgan fingerprint density at radius 3 is 2.28 bits per heavy atom. The lowest BCUT2D eigenvalue weighted by molar-refractivity contribution is -0.132. The highest BCUT2D eigenvalue weighted by Crippen LogP contribution is 2.35. The van der Waals surface area contributed by atoms with Crippen LogP contribution in [0.25, 0.3) is 0 Å². The minimum absolute atomic E-state index is 0.0241. The fourth-order valence-electron chi connectivity index (χ4n) is 1.76. The number of carbonyl (C=O) groups is 1. The number of hydrogen-bond donors (Lipinski definition) is 0. The van der Waals surface area contributed by atoms with Gasteiger partial charge in [-0.3, -0.25) is 4.79 Å². The van der Waals surface area contributed by atoms with Gasteiger partial charge in [0.2, 0.25) is 0 Å². The number of amides is 1. The lowest BCUT2D eigenvalue weighted by atomic mass is 10.1. The van der Waals surface area contributed by atoms with Crippen LogP contribution < -0.4 is 0 Å². The van der Waals surface area contributed by atoms with Crippen LogP contribution in [0.2, 0.25) is 0 Å². The topological polar surface area (TPSA) is 78.2 Å². The van der Waals surface area contributed by atoms with Crippen molar-refractivity contribution in [3.8, 4) is 6.07 Å². The molecule has 0 saturated carbocycles. The lowest BCUT2D eigenvalue weighted by Crippen LogP contribution is -2.66. The Bertz CT molecular complexity index is 639. The van der Waals surface area contributed by atoms with Crippen LogP contribution in [-0.4, -0.2) is 23.4 Å². The van der Waals surface area contributed by atoms with Crippen LogP contribution in [0, 0.1) is 11.3 Å². The van der Waals surface area contributed by atoms with Crippen molar-refractivity contribution in [2.45, 2.75) is 25.1 Å². The summed E-state index contributed by atoms with van der Waals surface area (Å²) in [4.78, 5) is 11.7. The molecule has 0 aromatic heterocycles. The van der Waals surface area contributed by atoms with Crippen LogP contribution in [0.1, 0.15) is 25.0 Å². The molecule has 18 heavy (non-hydrogen) atoms. The summed E-state index contributed by atoms with van der Waals surface area (Å²) in [6.07, 6.45) is 0. The molecule has 0 bridgehead atoms. The number of nitriles is 1. The van der Waals surface area contributed by atoms with E-state index >= 15 is 0 Å². The van der Waals surface area contributed by atoms with Crippen molar-refractivity contribution in [2.75, 3.05) is 0 Å². The van der Waals surface area contributed by atoms with Crippen molar-refractivity contribution in [2.24, 2.45) is 0 Å². The summed E-state index contributed by atoms with van der Waals surface area (Å²) in [6, 6.07) is 8.46. The molecule has 1 amide bonds. The van der Waals surface area contributed by atoms with E-state index in [2.05, 4.69) is 0 Å². The summed E-state index contributed by atoms with van der Waals surface area (Å²) in [5, 5.41) is 8.65. The van der Waals surface area contributed by atoms with Gasteiger partial charge in [0.05, 0.1) is 18.2 Å². The molecule has 5 nitrogen and oxygen atoms in total. The Hall–Kier alpha value is -1.87. The van der Waals surface area contributed by atoms with E-state index in [0.29, 0.717) is 11.1 Å². The van der Waals surface area contributed by atoms with E-state index in [1.807, 2.05) is 6.07 Å². The minimum Gasteiger partial charge on any atom is -0.272 e. The summed E-state index contributed by atoms with van der Waals surface area (Å²) in [6.45, 7) is 2.83. The third-order valence-corrected chi connectivity index (χ3v) is 5.43. The van der Waals surface area contributed by atoms with Gasteiger partial charge in [0, 0.05) is 0 Å². The zero-order chi connectivity index (χ0) is 13.6. The van der Waals surface area contributed by atoms with Crippen LogP contribution in [0.4, 0.5) is 0 Å². The molecule has 0 radical (unpaired) electrons. The van der Waals surface area contributed by atoms with Crippen molar-refractivity contribution in [1.29, 1.82) is 5.26 Å². The molecule has 0 unspecified atom stereocenters. The average Bonchev–Trinajstić information content (AvgIpc) is 2.35. The quantitative estimate of drug-likeness (QED) is 0.798. The second kappa shape index (κ2) is 3.82. The van der Waals surface area contributed by atoms with Gasteiger partial charge in [-0.25, -0.2) is 12.7 Å². The molecule has 0 aliphatic carbocycles. The van der Waals surface area contributed by atoms with Crippen molar-refractivity contribution >= 4 is 15.9 Å². The van der Waals surface area contributed by atoms with Crippen molar-refractivity contribution in [3.05, 3.63) is 35.4 Å². The molecule has 1 aliphatic heterocycles. The predicted molar refractivity (Wildman–Crippen MR) is 64.7 cm³/mol. The van der Waals surface area contributed by atoms with E-state index in [1.165, 1.54) is 13.8 Å². The Morgan fingerprint density at radius 1 is 1.28 bits per heavy atom. The van der Waals surface area contributed by atoms with Gasteiger partial charge < -0.3 is 0 Å². The number of nitrogens with zero attached hydrogens (tertiary/aromatic N) is 2. The summed E-state index contributed by atoms with van der Waals surface area (Å²) < 4.78 is 23.3. The molecule has 0 N–H and O–H groups in total. The fraction of sp³-hybridized carbons (Fsp3) is 0.333. The summed E-state index contributed by atoms with van der Waals surface area (Å²) in [5.74, 6) is -0.396. The highest BCUT2D eigenvalue weighted by Gasteiger charge is 2.59. The van der Waals surface area contributed by atoms with Gasteiger partial charge in [-0.2, -0.15) is 5.26 Å². The van der Waals surface area contributed by atoms with E-state index in [4.69, 9.17) is 5.26 Å². The maximum absolute atomic E-state index is 11.9. The first-order valence-electron chi connectivity index (χ1n) is 5.36. The monoisotopic (exact) mass is 264 g/mol. The summed E-state index contributed by atoms with van der Waals surface area (Å²) >= 11 is 0. The molecule has 0 atom stereocenters. The smallest absolute Gasteiger partial charge is 0.259 e. The molecule has 1 heterocycles. The highest BCUT2D eigenvalue weighted by atomic mass is 32.2. The van der Waals surface area contributed by atoms with Gasteiger partial charge in [-0.15, -0.1) is 0 Å². The SMILES string of the molecule is CC1(C)C(=O)N(Cc2ccc(C#N)cc2)S1(=O)=O. The Labute approximate surface area is 106 Å². The van der Waals surface area contributed by atoms with Crippen molar-refractivity contribution < 1.29 is 13.2 Å². The molecule has 94 valence electrons. The number of rotatable bonds is 2. The van der Waals surface area contributed by atoms with Crippen LogP contribution in [0.3, 0.4) is 0 Å². The zero-order valence-corrected chi connectivity index (χ0v) is 10.9. The van der Waals surface area contributed by atoms with Crippen LogP contribution in [0.15, 0.2) is 24.3 Å². The maximum atomic E-state index is 11.9. The largest absolute Gasteiger partial charge is 0.272 e. The summed E-state index contributed by atoms with van der Waals surface area (Å²) in [5.41, 5.74) is 1.18. The van der Waals surface area contributed by atoms with Crippen molar-refractivity contribution in [3.63, 3.8) is 0 Å². The molecular weight excluding hydrogens is 252 g/mol. The zero-order valence-electron chi connectivity index (χ0n) is 10.0. The fourth-order valence-corrected chi connectivity index (χ4v) is 3.28. The highest BCUT2D eigenvalue weighted by molar-refractivity contribution is 7.94. The molecular formula is C12H12N2O3S. The third-order valence-electron chi connectivity index (χ3n) is 3.09. The third kappa shape index (κ3) is 1.59. The second-order valence-corrected chi connectivity index (χ2v) is 7.05. The van der Waals surface area contributed by atoms with E-state index < -0.39 is 20.7 Å². The van der Waals surface area contributed by atoms with E-state index in [-0.39, 0.29) is 6.54 Å². The van der Waals surface area contributed by atoms with Gasteiger partial charge >= 0.3 is 0 Å². The number of sulfonamides is 1. The Kier molecular flexibility index (Phi) is 2.67. The number of hydrogen-bond acceptors (Lipinski definition) is 4. The molecule has 1 saturated heterocycles. The van der Waals surface area contributed by atoms with Crippen LogP contribution >= 0.6 is 0 Å². The lowest BCUT2D eigenvalue weighted by Gasteiger charge is -2.43. The molecule has 2 rings (SSSR count). The Balaban J connectivity index is 2.22. The molecule has 1 aromatic rings. The first kappa shape index (κ1) is 12.6. The normalized spacial score (nSPS) is 20.1. The van der Waals surface area contributed by atoms with E-state index in [9.17, 15) is 13.2 Å². The van der Waals surface area contributed by atoms with Gasteiger partial charge in [0.1, 0.15) is 0 Å². The standard InChI is InChI=1S/C12H12N2O3S/c1-12(2)11(15)14(18(12,16)17)8-10-5-3-9(7-13)4-6-10/h3-6H,8H2,1-2H3. The molecule has 0 spiro atoms. The van der Waals surface area contributed by atoms with E-state index in [1.54, 1.807) is 24.3 Å². The van der Waals surface area contributed by atoms with Crippen molar-refractivity contribution in [1.82, 2.24) is 4.31 Å². The maximum Gasteiger partial charge on any atom is 0.259 e. The molecule has 1 aromatic carbocycles. The first-order valence-corrected chi connectivity index (χ1v) is 6.80. The average molecular weight is 264 g/mol. The minimum atomic E-state index is -3.54. The predicted octanol–water partition coefficient (Wildman–Crippen LogP) is 1.01. The molecule has 1 fully saturated rings. The molecule has 6 heteroatoms. The summed E-state index contributed by atoms with van der Waals surface area (Å²) in [7, 11) is -3.54. The number of carbonyl (C=O) groups excluding carboxylic acids is 1. The number of benzene rings is 1. The van der Waals surface area contributed by atoms with E-state index in [0.717, 1.165) is 4.31 Å².